The second-order valence-electron chi connectivity index (χ2n) is 6.09. The Bertz CT molecular complexity index is 462. The second kappa shape index (κ2) is 7.05. The molecule has 1 fully saturated rings. The van der Waals surface area contributed by atoms with Crippen LogP contribution < -0.4 is 5.32 Å². The molecular formula is C17H26N2O2. The number of carbonyl (C=O) groups excluding carboxylic acids is 1. The quantitative estimate of drug-likeness (QED) is 0.923. The second-order valence-corrected chi connectivity index (χ2v) is 6.09. The van der Waals surface area contributed by atoms with Crippen molar-refractivity contribution in [3.63, 3.8) is 0 Å². The van der Waals surface area contributed by atoms with Gasteiger partial charge in [0.2, 0.25) is 5.91 Å². The van der Waals surface area contributed by atoms with Crippen LogP contribution in [0.15, 0.2) is 24.3 Å². The van der Waals surface area contributed by atoms with E-state index in [9.17, 15) is 4.79 Å². The number of nitrogens with zero attached hydrogens (tertiary/aromatic N) is 1. The summed E-state index contributed by atoms with van der Waals surface area (Å²) in [5, 5.41) is 3.02. The van der Waals surface area contributed by atoms with Crippen molar-refractivity contribution in [2.24, 2.45) is 0 Å². The van der Waals surface area contributed by atoms with E-state index in [1.54, 1.807) is 0 Å². The monoisotopic (exact) mass is 290 g/mol. The molecule has 1 aliphatic heterocycles. The highest BCUT2D eigenvalue weighted by molar-refractivity contribution is 5.81. The van der Waals surface area contributed by atoms with Crippen molar-refractivity contribution >= 4 is 5.91 Å². The summed E-state index contributed by atoms with van der Waals surface area (Å²) in [4.78, 5) is 14.5. The Morgan fingerprint density at radius 3 is 2.43 bits per heavy atom. The summed E-state index contributed by atoms with van der Waals surface area (Å²) in [6, 6.07) is 8.12. The van der Waals surface area contributed by atoms with Crippen molar-refractivity contribution in [1.82, 2.24) is 10.2 Å². The van der Waals surface area contributed by atoms with E-state index < -0.39 is 0 Å². The van der Waals surface area contributed by atoms with Crippen LogP contribution in [0.2, 0.25) is 0 Å². The molecule has 1 amide bonds. The molecule has 1 aromatic carbocycles. The zero-order chi connectivity index (χ0) is 15.4. The summed E-state index contributed by atoms with van der Waals surface area (Å²) >= 11 is 0. The average Bonchev–Trinajstić information content (AvgIpc) is 2.44. The molecule has 0 aromatic heterocycles. The standard InChI is InChI=1S/C17H26N2O2/c1-12-5-7-16(8-6-12)9-18-17(20)15(4)19-10-13(2)21-14(3)11-19/h5-8,13-15H,9-11H2,1-4H3,(H,18,20)/t13-,14-,15-/m0/s1. The predicted octanol–water partition coefficient (Wildman–Crippen LogP) is 2.11. The van der Waals surface area contributed by atoms with Crippen LogP contribution in [0.1, 0.15) is 31.9 Å². The Balaban J connectivity index is 1.86. The van der Waals surface area contributed by atoms with Crippen LogP contribution in [-0.4, -0.2) is 42.1 Å². The molecule has 1 saturated heterocycles. The number of carbonyl (C=O) groups is 1. The van der Waals surface area contributed by atoms with Gasteiger partial charge in [0.1, 0.15) is 0 Å². The predicted molar refractivity (Wildman–Crippen MR) is 84.1 cm³/mol. The molecule has 3 atom stereocenters. The van der Waals surface area contributed by atoms with Crippen LogP contribution in [-0.2, 0) is 16.1 Å². The van der Waals surface area contributed by atoms with Gasteiger partial charge in [0.15, 0.2) is 0 Å². The normalized spacial score (nSPS) is 24.6. The first-order valence-corrected chi connectivity index (χ1v) is 7.68. The summed E-state index contributed by atoms with van der Waals surface area (Å²) in [5.74, 6) is 0.0804. The first kappa shape index (κ1) is 16.0. The van der Waals surface area contributed by atoms with Gasteiger partial charge in [0, 0.05) is 19.6 Å². The molecule has 4 heteroatoms. The molecule has 0 aliphatic carbocycles. The summed E-state index contributed by atoms with van der Waals surface area (Å²) in [6.07, 6.45) is 0.363. The van der Waals surface area contributed by atoms with Gasteiger partial charge in [-0.3, -0.25) is 9.69 Å². The van der Waals surface area contributed by atoms with Gasteiger partial charge < -0.3 is 10.1 Å². The molecule has 4 nitrogen and oxygen atoms in total. The van der Waals surface area contributed by atoms with Crippen LogP contribution >= 0.6 is 0 Å². The summed E-state index contributed by atoms with van der Waals surface area (Å²) in [5.41, 5.74) is 2.36. The van der Waals surface area contributed by atoms with E-state index in [0.29, 0.717) is 6.54 Å². The van der Waals surface area contributed by atoms with Crippen molar-refractivity contribution in [1.29, 1.82) is 0 Å². The van der Waals surface area contributed by atoms with Gasteiger partial charge in [-0.1, -0.05) is 29.8 Å². The van der Waals surface area contributed by atoms with E-state index in [4.69, 9.17) is 4.74 Å². The number of aryl methyl sites for hydroxylation is 1. The molecule has 0 unspecified atom stereocenters. The lowest BCUT2D eigenvalue weighted by molar-refractivity contribution is -0.131. The molecule has 1 aliphatic rings. The Labute approximate surface area is 127 Å². The Morgan fingerprint density at radius 1 is 1.29 bits per heavy atom. The van der Waals surface area contributed by atoms with Crippen LogP contribution in [0.5, 0.6) is 0 Å². The minimum absolute atomic E-state index is 0.0804. The maximum absolute atomic E-state index is 12.3. The van der Waals surface area contributed by atoms with Crippen LogP contribution in [0.25, 0.3) is 0 Å². The number of nitrogens with one attached hydrogen (secondary N) is 1. The summed E-state index contributed by atoms with van der Waals surface area (Å²) < 4.78 is 5.71. The zero-order valence-electron chi connectivity index (χ0n) is 13.4. The number of hydrogen-bond donors (Lipinski definition) is 1. The lowest BCUT2D eigenvalue weighted by Crippen LogP contribution is -2.53. The van der Waals surface area contributed by atoms with Gasteiger partial charge in [0.25, 0.3) is 0 Å². The van der Waals surface area contributed by atoms with Crippen LogP contribution in [0, 0.1) is 6.92 Å². The molecule has 1 aromatic rings. The van der Waals surface area contributed by atoms with Crippen molar-refractivity contribution in [2.75, 3.05) is 13.1 Å². The molecule has 0 saturated carbocycles. The van der Waals surface area contributed by atoms with Gasteiger partial charge in [0.05, 0.1) is 18.2 Å². The highest BCUT2D eigenvalue weighted by atomic mass is 16.5. The fourth-order valence-corrected chi connectivity index (χ4v) is 2.74. The number of benzene rings is 1. The fourth-order valence-electron chi connectivity index (χ4n) is 2.74. The molecule has 0 bridgehead atoms. The number of amides is 1. The molecule has 21 heavy (non-hydrogen) atoms. The Hall–Kier alpha value is -1.39. The van der Waals surface area contributed by atoms with Crippen molar-refractivity contribution in [2.45, 2.75) is 52.5 Å². The molecule has 116 valence electrons. The lowest BCUT2D eigenvalue weighted by Gasteiger charge is -2.38. The van der Waals surface area contributed by atoms with Crippen molar-refractivity contribution < 1.29 is 9.53 Å². The van der Waals surface area contributed by atoms with Crippen molar-refractivity contribution in [3.05, 3.63) is 35.4 Å². The number of rotatable bonds is 4. The molecular weight excluding hydrogens is 264 g/mol. The zero-order valence-corrected chi connectivity index (χ0v) is 13.4. The smallest absolute Gasteiger partial charge is 0.237 e. The van der Waals surface area contributed by atoms with E-state index >= 15 is 0 Å². The Morgan fingerprint density at radius 2 is 1.86 bits per heavy atom. The summed E-state index contributed by atoms with van der Waals surface area (Å²) in [7, 11) is 0. The largest absolute Gasteiger partial charge is 0.373 e. The van der Waals surface area contributed by atoms with E-state index in [1.807, 2.05) is 6.92 Å². The third-order valence-corrected chi connectivity index (χ3v) is 3.96. The third-order valence-electron chi connectivity index (χ3n) is 3.96. The number of hydrogen-bond acceptors (Lipinski definition) is 3. The van der Waals surface area contributed by atoms with Gasteiger partial charge in [-0.25, -0.2) is 0 Å². The maximum atomic E-state index is 12.3. The minimum Gasteiger partial charge on any atom is -0.373 e. The first-order chi connectivity index (χ1) is 9.95. The van der Waals surface area contributed by atoms with Crippen LogP contribution in [0.3, 0.4) is 0 Å². The highest BCUT2D eigenvalue weighted by Crippen LogP contribution is 2.13. The number of ether oxygens (including phenoxy) is 1. The van der Waals surface area contributed by atoms with E-state index in [0.717, 1.165) is 18.7 Å². The average molecular weight is 290 g/mol. The molecule has 0 radical (unpaired) electrons. The maximum Gasteiger partial charge on any atom is 0.237 e. The molecule has 0 spiro atoms. The van der Waals surface area contributed by atoms with Gasteiger partial charge in [-0.2, -0.15) is 0 Å². The van der Waals surface area contributed by atoms with Crippen LogP contribution in [0.4, 0.5) is 0 Å². The van der Waals surface area contributed by atoms with E-state index in [-0.39, 0.29) is 24.2 Å². The first-order valence-electron chi connectivity index (χ1n) is 7.68. The SMILES string of the molecule is Cc1ccc(CNC(=O)[C@H](C)N2C[C@H](C)O[C@@H](C)C2)cc1. The molecule has 1 heterocycles. The minimum atomic E-state index is -0.121. The third kappa shape index (κ3) is 4.55. The van der Waals surface area contributed by atoms with Gasteiger partial charge in [-0.15, -0.1) is 0 Å². The lowest BCUT2D eigenvalue weighted by atomic mass is 10.1. The van der Waals surface area contributed by atoms with E-state index in [2.05, 4.69) is 55.3 Å². The Kier molecular flexibility index (Phi) is 5.37. The topological polar surface area (TPSA) is 41.6 Å². The number of morpholine rings is 1. The summed E-state index contributed by atoms with van der Waals surface area (Å²) in [6.45, 7) is 10.3. The van der Waals surface area contributed by atoms with Gasteiger partial charge >= 0.3 is 0 Å². The molecule has 2 rings (SSSR count). The van der Waals surface area contributed by atoms with E-state index in [1.165, 1.54) is 5.56 Å². The van der Waals surface area contributed by atoms with Crippen molar-refractivity contribution in [3.8, 4) is 0 Å². The van der Waals surface area contributed by atoms with Gasteiger partial charge in [-0.05, 0) is 33.3 Å². The fraction of sp³-hybridized carbons (Fsp3) is 0.588. The highest BCUT2D eigenvalue weighted by Gasteiger charge is 2.28. The molecule has 1 N–H and O–H groups in total.